The van der Waals surface area contributed by atoms with Crippen molar-refractivity contribution in [3.8, 4) is 0 Å². The third kappa shape index (κ3) is 6.57. The molecule has 28 heavy (non-hydrogen) atoms. The highest BCUT2D eigenvalue weighted by molar-refractivity contribution is 6.30. The Labute approximate surface area is 172 Å². The molecule has 1 amide bonds. The number of halogens is 1. The van der Waals surface area contributed by atoms with Crippen LogP contribution in [0.4, 0.5) is 0 Å². The van der Waals surface area contributed by atoms with Crippen LogP contribution < -0.4 is 0 Å². The maximum atomic E-state index is 12.5. The predicted molar refractivity (Wildman–Crippen MR) is 112 cm³/mol. The average Bonchev–Trinajstić information content (AvgIpc) is 2.72. The van der Waals surface area contributed by atoms with Crippen molar-refractivity contribution >= 4 is 17.5 Å². The number of aryl methyl sites for hydroxylation is 1. The van der Waals surface area contributed by atoms with E-state index in [0.717, 1.165) is 43.3 Å². The van der Waals surface area contributed by atoms with Crippen molar-refractivity contribution in [3.63, 3.8) is 0 Å². The van der Waals surface area contributed by atoms with E-state index in [0.29, 0.717) is 18.8 Å². The normalized spacial score (nSPS) is 17.4. The summed E-state index contributed by atoms with van der Waals surface area (Å²) < 4.78 is 0. The van der Waals surface area contributed by atoms with Crippen LogP contribution in [0.1, 0.15) is 30.5 Å². The molecule has 0 saturated carbocycles. The first-order valence-corrected chi connectivity index (χ1v) is 10.4. The van der Waals surface area contributed by atoms with Gasteiger partial charge >= 0.3 is 0 Å². The van der Waals surface area contributed by atoms with Crippen molar-refractivity contribution in [2.75, 3.05) is 33.2 Å². The number of aromatic nitrogens is 2. The number of rotatable bonds is 8. The van der Waals surface area contributed by atoms with Crippen molar-refractivity contribution in [2.24, 2.45) is 5.92 Å². The van der Waals surface area contributed by atoms with Gasteiger partial charge in [-0.05, 0) is 55.8 Å². The van der Waals surface area contributed by atoms with Crippen LogP contribution in [0.2, 0.25) is 5.02 Å². The predicted octanol–water partition coefficient (Wildman–Crippen LogP) is 3.48. The molecule has 150 valence electrons. The number of likely N-dealkylation sites (tertiary alicyclic amines) is 1. The highest BCUT2D eigenvalue weighted by Crippen LogP contribution is 2.19. The summed E-state index contributed by atoms with van der Waals surface area (Å²) in [7, 11) is 1.92. The zero-order valence-corrected chi connectivity index (χ0v) is 17.3. The Morgan fingerprint density at radius 3 is 2.82 bits per heavy atom. The molecule has 1 fully saturated rings. The molecule has 1 atom stereocenters. The van der Waals surface area contributed by atoms with Gasteiger partial charge in [0.25, 0.3) is 0 Å². The van der Waals surface area contributed by atoms with Crippen molar-refractivity contribution in [3.05, 3.63) is 59.1 Å². The van der Waals surface area contributed by atoms with E-state index in [9.17, 15) is 4.79 Å². The van der Waals surface area contributed by atoms with Crippen molar-refractivity contribution in [1.82, 2.24) is 19.8 Å². The fraction of sp³-hybridized carbons (Fsp3) is 0.500. The van der Waals surface area contributed by atoms with E-state index in [1.54, 1.807) is 18.6 Å². The van der Waals surface area contributed by atoms with E-state index in [2.05, 4.69) is 27.0 Å². The molecule has 0 N–H and O–H groups in total. The van der Waals surface area contributed by atoms with E-state index in [1.165, 1.54) is 18.4 Å². The molecule has 1 aromatic carbocycles. The van der Waals surface area contributed by atoms with Gasteiger partial charge in [-0.15, -0.1) is 0 Å². The third-order valence-corrected chi connectivity index (χ3v) is 5.65. The van der Waals surface area contributed by atoms with Crippen molar-refractivity contribution < 1.29 is 4.79 Å². The second kappa shape index (κ2) is 10.5. The van der Waals surface area contributed by atoms with Crippen LogP contribution in [0.3, 0.4) is 0 Å². The molecule has 2 heterocycles. The van der Waals surface area contributed by atoms with Gasteiger partial charge in [-0.25, -0.2) is 0 Å². The van der Waals surface area contributed by atoms with Gasteiger partial charge in [0.1, 0.15) is 0 Å². The molecule has 3 rings (SSSR count). The number of benzene rings is 1. The maximum Gasteiger partial charge on any atom is 0.222 e. The minimum Gasteiger partial charge on any atom is -0.345 e. The fourth-order valence-corrected chi connectivity index (χ4v) is 3.94. The standard InChI is InChI=1S/C22H29ClN4O/c1-26(22(28)9-8-21-15-24-11-12-25-21)16-19-3-2-13-27(17-19)14-10-18-4-6-20(23)7-5-18/h4-7,11-12,15,19H,2-3,8-10,13-14,16-17H2,1H3. The summed E-state index contributed by atoms with van der Waals surface area (Å²) in [5, 5.41) is 0.786. The van der Waals surface area contributed by atoms with Crippen LogP contribution in [-0.4, -0.2) is 58.9 Å². The number of carbonyl (C=O) groups is 1. The molecule has 0 spiro atoms. The number of carbonyl (C=O) groups excluding carboxylic acids is 1. The summed E-state index contributed by atoms with van der Waals surface area (Å²) in [5.74, 6) is 0.730. The first-order chi connectivity index (χ1) is 13.6. The van der Waals surface area contributed by atoms with Gasteiger partial charge < -0.3 is 9.80 Å². The summed E-state index contributed by atoms with van der Waals surface area (Å²) in [4.78, 5) is 25.2. The summed E-state index contributed by atoms with van der Waals surface area (Å²) in [6.07, 6.45) is 9.62. The minimum atomic E-state index is 0.184. The second-order valence-electron chi connectivity index (χ2n) is 7.66. The molecule has 1 saturated heterocycles. The highest BCUT2D eigenvalue weighted by atomic mass is 35.5. The molecular formula is C22H29ClN4O. The van der Waals surface area contributed by atoms with Crippen molar-refractivity contribution in [1.29, 1.82) is 0 Å². The second-order valence-corrected chi connectivity index (χ2v) is 8.09. The van der Waals surface area contributed by atoms with Gasteiger partial charge in [0.05, 0.1) is 5.69 Å². The molecular weight excluding hydrogens is 372 g/mol. The lowest BCUT2D eigenvalue weighted by Crippen LogP contribution is -2.42. The average molecular weight is 401 g/mol. The molecule has 1 aliphatic rings. The van der Waals surface area contributed by atoms with Gasteiger partial charge in [0.2, 0.25) is 5.91 Å². The molecule has 2 aromatic rings. The molecule has 1 unspecified atom stereocenters. The van der Waals surface area contributed by atoms with Crippen LogP contribution in [0, 0.1) is 5.92 Å². The smallest absolute Gasteiger partial charge is 0.222 e. The Bertz CT molecular complexity index is 738. The van der Waals surface area contributed by atoms with Gasteiger partial charge in [0, 0.05) is 56.7 Å². The minimum absolute atomic E-state index is 0.184. The number of hydrogen-bond acceptors (Lipinski definition) is 4. The summed E-state index contributed by atoms with van der Waals surface area (Å²) >= 11 is 5.96. The largest absolute Gasteiger partial charge is 0.345 e. The topological polar surface area (TPSA) is 49.3 Å². The monoisotopic (exact) mass is 400 g/mol. The van der Waals surface area contributed by atoms with Crippen LogP contribution in [0.15, 0.2) is 42.9 Å². The van der Waals surface area contributed by atoms with Gasteiger partial charge in [-0.3, -0.25) is 14.8 Å². The van der Waals surface area contributed by atoms with E-state index in [1.807, 2.05) is 24.1 Å². The number of hydrogen-bond donors (Lipinski definition) is 0. The van der Waals surface area contributed by atoms with E-state index in [-0.39, 0.29) is 5.91 Å². The quantitative estimate of drug-likeness (QED) is 0.680. The van der Waals surface area contributed by atoms with E-state index < -0.39 is 0 Å². The Balaban J connectivity index is 1.40. The Morgan fingerprint density at radius 1 is 1.25 bits per heavy atom. The molecule has 5 nitrogen and oxygen atoms in total. The SMILES string of the molecule is CN(CC1CCCN(CCc2ccc(Cl)cc2)C1)C(=O)CCc1cnccn1. The maximum absolute atomic E-state index is 12.5. The zero-order chi connectivity index (χ0) is 19.8. The first-order valence-electron chi connectivity index (χ1n) is 10.1. The number of piperidine rings is 1. The Morgan fingerprint density at radius 2 is 2.07 bits per heavy atom. The number of amides is 1. The lowest BCUT2D eigenvalue weighted by atomic mass is 9.97. The summed E-state index contributed by atoms with van der Waals surface area (Å²) in [6, 6.07) is 8.12. The van der Waals surface area contributed by atoms with Crippen molar-refractivity contribution in [2.45, 2.75) is 32.1 Å². The number of nitrogens with zero attached hydrogens (tertiary/aromatic N) is 4. The molecule has 0 aliphatic carbocycles. The highest BCUT2D eigenvalue weighted by Gasteiger charge is 2.22. The van der Waals surface area contributed by atoms with E-state index in [4.69, 9.17) is 11.6 Å². The van der Waals surface area contributed by atoms with Gasteiger partial charge in [-0.1, -0.05) is 23.7 Å². The van der Waals surface area contributed by atoms with E-state index >= 15 is 0 Å². The van der Waals surface area contributed by atoms with Crippen LogP contribution >= 0.6 is 11.6 Å². The Kier molecular flexibility index (Phi) is 7.80. The molecule has 6 heteroatoms. The van der Waals surface area contributed by atoms with Gasteiger partial charge in [-0.2, -0.15) is 0 Å². The van der Waals surface area contributed by atoms with Gasteiger partial charge in [0.15, 0.2) is 0 Å². The fourth-order valence-electron chi connectivity index (χ4n) is 3.82. The van der Waals surface area contributed by atoms with Crippen LogP contribution in [-0.2, 0) is 17.6 Å². The Hall–Kier alpha value is -1.98. The van der Waals surface area contributed by atoms with Crippen LogP contribution in [0.5, 0.6) is 0 Å². The molecule has 0 bridgehead atoms. The lowest BCUT2D eigenvalue weighted by Gasteiger charge is -2.34. The summed E-state index contributed by atoms with van der Waals surface area (Å²) in [5.41, 5.74) is 2.19. The zero-order valence-electron chi connectivity index (χ0n) is 16.6. The lowest BCUT2D eigenvalue weighted by molar-refractivity contribution is -0.130. The molecule has 1 aliphatic heterocycles. The molecule has 0 radical (unpaired) electrons. The third-order valence-electron chi connectivity index (χ3n) is 5.40. The first kappa shape index (κ1) is 20.7. The molecule has 1 aromatic heterocycles. The summed E-state index contributed by atoms with van der Waals surface area (Å²) in [6.45, 7) is 4.10. The van der Waals surface area contributed by atoms with Crippen LogP contribution in [0.25, 0.3) is 0 Å².